The first kappa shape index (κ1) is 14.8. The average molecular weight is 335 g/mol. The monoisotopic (exact) mass is 334 g/mol. The third kappa shape index (κ3) is 2.53. The summed E-state index contributed by atoms with van der Waals surface area (Å²) in [5.74, 6) is 0.842. The van der Waals surface area contributed by atoms with E-state index in [9.17, 15) is 0 Å². The summed E-state index contributed by atoms with van der Waals surface area (Å²) in [5.41, 5.74) is 4.38. The number of aromatic nitrogens is 2. The van der Waals surface area contributed by atoms with Crippen LogP contribution in [0.2, 0.25) is 5.02 Å². The van der Waals surface area contributed by atoms with E-state index < -0.39 is 0 Å². The van der Waals surface area contributed by atoms with Crippen LogP contribution in [0.5, 0.6) is 5.75 Å². The summed E-state index contributed by atoms with van der Waals surface area (Å²) in [7, 11) is 1.67. The zero-order chi connectivity index (χ0) is 16.5. The first-order valence-corrected chi connectivity index (χ1v) is 8.00. The zero-order valence-electron chi connectivity index (χ0n) is 13.1. The Morgan fingerprint density at radius 1 is 0.958 bits per heavy atom. The van der Waals surface area contributed by atoms with E-state index >= 15 is 0 Å². The lowest BCUT2D eigenvalue weighted by molar-refractivity contribution is 0.415. The van der Waals surface area contributed by atoms with Crippen LogP contribution in [0.4, 0.5) is 0 Å². The maximum Gasteiger partial charge on any atom is 0.118 e. The lowest BCUT2D eigenvalue weighted by atomic mass is 10.1. The highest BCUT2D eigenvalue weighted by Crippen LogP contribution is 2.32. The van der Waals surface area contributed by atoms with Gasteiger partial charge in [0.2, 0.25) is 0 Å². The van der Waals surface area contributed by atoms with Crippen LogP contribution in [-0.2, 0) is 0 Å². The fourth-order valence-electron chi connectivity index (χ4n) is 2.90. The van der Waals surface area contributed by atoms with Gasteiger partial charge in [0.15, 0.2) is 0 Å². The topological polar surface area (TPSA) is 27.1 Å². The van der Waals surface area contributed by atoms with Crippen molar-refractivity contribution in [3.63, 3.8) is 0 Å². The summed E-state index contributed by atoms with van der Waals surface area (Å²) in [6, 6.07) is 20.1. The van der Waals surface area contributed by atoms with Crippen molar-refractivity contribution in [2.45, 2.75) is 0 Å². The second-order valence-electron chi connectivity index (χ2n) is 5.50. The molecule has 0 fully saturated rings. The first-order chi connectivity index (χ1) is 11.8. The molecule has 0 unspecified atom stereocenters. The van der Waals surface area contributed by atoms with Gasteiger partial charge in [-0.3, -0.25) is 4.98 Å². The molecule has 0 saturated carbocycles. The molecule has 0 aliphatic rings. The predicted molar refractivity (Wildman–Crippen MR) is 98.1 cm³/mol. The summed E-state index contributed by atoms with van der Waals surface area (Å²) in [6.45, 7) is 0. The van der Waals surface area contributed by atoms with E-state index in [2.05, 4.69) is 27.8 Å². The molecule has 4 aromatic rings. The lowest BCUT2D eigenvalue weighted by Gasteiger charge is -2.12. The number of pyridine rings is 1. The fourth-order valence-corrected chi connectivity index (χ4v) is 3.02. The van der Waals surface area contributed by atoms with Crippen molar-refractivity contribution in [1.82, 2.24) is 9.55 Å². The van der Waals surface area contributed by atoms with Gasteiger partial charge in [-0.05, 0) is 66.2 Å². The van der Waals surface area contributed by atoms with Crippen LogP contribution >= 0.6 is 11.6 Å². The molecule has 2 aromatic carbocycles. The van der Waals surface area contributed by atoms with Gasteiger partial charge in [-0.15, -0.1) is 0 Å². The van der Waals surface area contributed by atoms with Gasteiger partial charge in [0, 0.05) is 28.5 Å². The molecule has 0 amide bonds. The highest BCUT2D eigenvalue weighted by molar-refractivity contribution is 6.30. The van der Waals surface area contributed by atoms with Gasteiger partial charge in [-0.25, -0.2) is 0 Å². The maximum absolute atomic E-state index is 6.05. The van der Waals surface area contributed by atoms with Crippen LogP contribution in [0.1, 0.15) is 0 Å². The van der Waals surface area contributed by atoms with Crippen LogP contribution in [0.3, 0.4) is 0 Å². The Labute approximate surface area is 145 Å². The fraction of sp³-hybridized carbons (Fsp3) is 0.0500. The number of nitrogens with zero attached hydrogens (tertiary/aromatic N) is 2. The van der Waals surface area contributed by atoms with E-state index in [-0.39, 0.29) is 0 Å². The Hall–Kier alpha value is -2.78. The molecule has 4 heteroatoms. The number of hydrogen-bond acceptors (Lipinski definition) is 2. The summed E-state index contributed by atoms with van der Waals surface area (Å²) in [5, 5.41) is 1.82. The van der Waals surface area contributed by atoms with Crippen molar-refractivity contribution in [2.75, 3.05) is 7.11 Å². The number of fused-ring (bicyclic) bond motifs is 1. The Bertz CT molecular complexity index is 989. The largest absolute Gasteiger partial charge is 0.497 e. The smallest absolute Gasteiger partial charge is 0.118 e. The Balaban J connectivity index is 1.97. The maximum atomic E-state index is 6.05. The van der Waals surface area contributed by atoms with Gasteiger partial charge in [-0.2, -0.15) is 0 Å². The molecule has 0 radical (unpaired) electrons. The number of ether oxygens (including phenoxy) is 1. The van der Waals surface area contributed by atoms with Crippen molar-refractivity contribution < 1.29 is 4.74 Å². The molecule has 0 saturated heterocycles. The summed E-state index contributed by atoms with van der Waals surface area (Å²) >= 11 is 6.05. The van der Waals surface area contributed by atoms with Gasteiger partial charge >= 0.3 is 0 Å². The quantitative estimate of drug-likeness (QED) is 0.504. The molecule has 0 N–H and O–H groups in total. The zero-order valence-corrected chi connectivity index (χ0v) is 13.9. The van der Waals surface area contributed by atoms with Gasteiger partial charge in [0.05, 0.1) is 18.3 Å². The number of hydrogen-bond donors (Lipinski definition) is 0. The lowest BCUT2D eigenvalue weighted by Crippen LogP contribution is -1.96. The molecule has 118 valence electrons. The molecule has 0 atom stereocenters. The predicted octanol–water partition coefficient (Wildman–Crippen LogP) is 5.35. The van der Waals surface area contributed by atoms with E-state index in [0.717, 1.165) is 38.6 Å². The molecule has 0 bridgehead atoms. The molecule has 24 heavy (non-hydrogen) atoms. The minimum Gasteiger partial charge on any atom is -0.497 e. The van der Waals surface area contributed by atoms with Crippen molar-refractivity contribution in [1.29, 1.82) is 0 Å². The molecule has 2 heterocycles. The Morgan fingerprint density at radius 3 is 2.42 bits per heavy atom. The van der Waals surface area contributed by atoms with Crippen LogP contribution in [-0.4, -0.2) is 16.7 Å². The third-order valence-electron chi connectivity index (χ3n) is 4.07. The molecular formula is C20H15ClN2O. The van der Waals surface area contributed by atoms with Gasteiger partial charge in [0.25, 0.3) is 0 Å². The van der Waals surface area contributed by atoms with Gasteiger partial charge in [0.1, 0.15) is 5.75 Å². The van der Waals surface area contributed by atoms with E-state index in [1.54, 1.807) is 7.11 Å². The normalized spacial score (nSPS) is 10.9. The van der Waals surface area contributed by atoms with Crippen molar-refractivity contribution in [3.05, 3.63) is 78.1 Å². The summed E-state index contributed by atoms with van der Waals surface area (Å²) in [6.07, 6.45) is 3.70. The van der Waals surface area contributed by atoms with E-state index in [4.69, 9.17) is 16.3 Å². The molecule has 0 aliphatic carbocycles. The average Bonchev–Trinajstić information content (AvgIpc) is 3.02. The minimum atomic E-state index is 0.725. The Kier molecular flexibility index (Phi) is 3.71. The second kappa shape index (κ2) is 6.02. The van der Waals surface area contributed by atoms with Crippen molar-refractivity contribution in [3.8, 4) is 22.7 Å². The summed E-state index contributed by atoms with van der Waals surface area (Å²) in [4.78, 5) is 4.24. The number of benzene rings is 2. The number of methoxy groups -OCH3 is 1. The highest BCUT2D eigenvalue weighted by atomic mass is 35.5. The van der Waals surface area contributed by atoms with Crippen LogP contribution in [0.25, 0.3) is 27.8 Å². The first-order valence-electron chi connectivity index (χ1n) is 7.62. The van der Waals surface area contributed by atoms with E-state index in [0.29, 0.717) is 0 Å². The molecule has 4 rings (SSSR count). The second-order valence-corrected chi connectivity index (χ2v) is 5.94. The third-order valence-corrected chi connectivity index (χ3v) is 4.32. The Morgan fingerprint density at radius 2 is 1.71 bits per heavy atom. The number of rotatable bonds is 3. The minimum absolute atomic E-state index is 0.725. The van der Waals surface area contributed by atoms with Crippen LogP contribution in [0.15, 0.2) is 73.1 Å². The van der Waals surface area contributed by atoms with Crippen LogP contribution < -0.4 is 4.74 Å². The molecular weight excluding hydrogens is 320 g/mol. The van der Waals surface area contributed by atoms with Crippen molar-refractivity contribution >= 4 is 22.5 Å². The molecule has 0 aliphatic heterocycles. The van der Waals surface area contributed by atoms with E-state index in [1.165, 1.54) is 0 Å². The SMILES string of the molecule is COc1ccc(-c2cc3cnccc3n2-c2ccc(Cl)cc2)cc1. The van der Waals surface area contributed by atoms with E-state index in [1.807, 2.05) is 54.9 Å². The summed E-state index contributed by atoms with van der Waals surface area (Å²) < 4.78 is 7.48. The molecule has 2 aromatic heterocycles. The number of halogens is 1. The van der Waals surface area contributed by atoms with Crippen molar-refractivity contribution in [2.24, 2.45) is 0 Å². The molecule has 0 spiro atoms. The van der Waals surface area contributed by atoms with Gasteiger partial charge in [-0.1, -0.05) is 11.6 Å². The molecule has 3 nitrogen and oxygen atoms in total. The van der Waals surface area contributed by atoms with Crippen LogP contribution in [0, 0.1) is 0 Å². The standard InChI is InChI=1S/C20H15ClN2O/c1-24-18-8-2-14(3-9-18)20-12-15-13-22-11-10-19(15)23(20)17-6-4-16(21)5-7-17/h2-13H,1H3. The highest BCUT2D eigenvalue weighted by Gasteiger charge is 2.12. The van der Waals surface area contributed by atoms with Gasteiger partial charge < -0.3 is 9.30 Å².